The zero-order chi connectivity index (χ0) is 12.4. The lowest BCUT2D eigenvalue weighted by Gasteiger charge is -2.05. The van der Waals surface area contributed by atoms with Crippen molar-refractivity contribution in [3.05, 3.63) is 35.8 Å². The largest absolute Gasteiger partial charge is 0.494 e. The van der Waals surface area contributed by atoms with Crippen LogP contribution in [0.2, 0.25) is 0 Å². The number of hydrogen-bond donors (Lipinski definition) is 1. The van der Waals surface area contributed by atoms with Crippen molar-refractivity contribution in [3.63, 3.8) is 0 Å². The van der Waals surface area contributed by atoms with Crippen LogP contribution in [-0.2, 0) is 0 Å². The summed E-state index contributed by atoms with van der Waals surface area (Å²) in [6.45, 7) is 0. The predicted molar refractivity (Wildman–Crippen MR) is 55.2 cm³/mol. The maximum Gasteiger partial charge on any atom is 0.166 e. The SMILES string of the molecule is COc1cc(F)c(-c2[nH]cnc2C#N)cc1F. The molecule has 0 saturated heterocycles. The van der Waals surface area contributed by atoms with E-state index in [4.69, 9.17) is 5.26 Å². The molecule has 0 aliphatic rings. The number of aromatic nitrogens is 2. The number of benzene rings is 1. The van der Waals surface area contributed by atoms with E-state index in [1.54, 1.807) is 6.07 Å². The highest BCUT2D eigenvalue weighted by molar-refractivity contribution is 5.66. The molecule has 0 bridgehead atoms. The smallest absolute Gasteiger partial charge is 0.166 e. The third kappa shape index (κ3) is 1.83. The zero-order valence-electron chi connectivity index (χ0n) is 8.79. The van der Waals surface area contributed by atoms with Crippen molar-refractivity contribution in [2.75, 3.05) is 7.11 Å². The van der Waals surface area contributed by atoms with Crippen LogP contribution < -0.4 is 4.74 Å². The van der Waals surface area contributed by atoms with Crippen molar-refractivity contribution in [1.82, 2.24) is 9.97 Å². The predicted octanol–water partition coefficient (Wildman–Crippen LogP) is 2.24. The van der Waals surface area contributed by atoms with E-state index in [2.05, 4.69) is 14.7 Å². The lowest BCUT2D eigenvalue weighted by Crippen LogP contribution is -1.94. The lowest BCUT2D eigenvalue weighted by atomic mass is 10.1. The van der Waals surface area contributed by atoms with E-state index in [1.165, 1.54) is 13.4 Å². The van der Waals surface area contributed by atoms with Crippen molar-refractivity contribution in [3.8, 4) is 23.1 Å². The molecule has 1 N–H and O–H groups in total. The first-order valence-electron chi connectivity index (χ1n) is 4.64. The molecule has 0 amide bonds. The van der Waals surface area contributed by atoms with Crippen molar-refractivity contribution >= 4 is 0 Å². The van der Waals surface area contributed by atoms with Gasteiger partial charge in [0.25, 0.3) is 0 Å². The second-order valence-corrected chi connectivity index (χ2v) is 3.20. The topological polar surface area (TPSA) is 61.7 Å². The minimum absolute atomic E-state index is 0.00784. The standard InChI is InChI=1S/C11H7F2N3O/c1-17-10-3-7(12)6(2-8(10)13)11-9(4-14)15-5-16-11/h2-3,5H,1H3,(H,15,16). The average Bonchev–Trinajstić information content (AvgIpc) is 2.79. The number of aromatic amines is 1. The molecule has 0 spiro atoms. The van der Waals surface area contributed by atoms with Crippen LogP contribution in [0.4, 0.5) is 8.78 Å². The number of imidazole rings is 1. The Balaban J connectivity index is 2.62. The number of methoxy groups -OCH3 is 1. The van der Waals surface area contributed by atoms with Gasteiger partial charge in [-0.25, -0.2) is 13.8 Å². The first-order valence-corrected chi connectivity index (χ1v) is 4.64. The van der Waals surface area contributed by atoms with Crippen molar-refractivity contribution in [1.29, 1.82) is 5.26 Å². The Morgan fingerprint density at radius 2 is 2.12 bits per heavy atom. The van der Waals surface area contributed by atoms with Crippen molar-refractivity contribution < 1.29 is 13.5 Å². The average molecular weight is 235 g/mol. The minimum atomic E-state index is -0.706. The van der Waals surface area contributed by atoms with E-state index in [9.17, 15) is 8.78 Å². The van der Waals surface area contributed by atoms with Crippen LogP contribution in [0.5, 0.6) is 5.75 Å². The molecule has 0 aliphatic carbocycles. The molecule has 17 heavy (non-hydrogen) atoms. The maximum atomic E-state index is 13.7. The molecule has 2 rings (SSSR count). The van der Waals surface area contributed by atoms with Gasteiger partial charge in [0.1, 0.15) is 11.9 Å². The molecule has 0 radical (unpaired) electrons. The molecule has 1 aromatic carbocycles. The van der Waals surface area contributed by atoms with E-state index in [0.717, 1.165) is 12.1 Å². The number of halogens is 2. The van der Waals surface area contributed by atoms with Crippen molar-refractivity contribution in [2.24, 2.45) is 0 Å². The number of hydrogen-bond acceptors (Lipinski definition) is 3. The second kappa shape index (κ2) is 4.22. The molecule has 4 nitrogen and oxygen atoms in total. The minimum Gasteiger partial charge on any atom is -0.494 e. The number of nitrogens with one attached hydrogen (secondary N) is 1. The molecule has 86 valence electrons. The molecule has 0 atom stereocenters. The summed E-state index contributed by atoms with van der Waals surface area (Å²) >= 11 is 0. The summed E-state index contributed by atoms with van der Waals surface area (Å²) < 4.78 is 31.8. The van der Waals surface area contributed by atoms with Gasteiger partial charge in [-0.15, -0.1) is 0 Å². The summed E-state index contributed by atoms with van der Waals surface area (Å²) in [6, 6.07) is 3.67. The Morgan fingerprint density at radius 3 is 2.76 bits per heavy atom. The summed E-state index contributed by atoms with van der Waals surface area (Å²) in [5, 5.41) is 8.76. The molecular formula is C11H7F2N3O. The van der Waals surface area contributed by atoms with Crippen molar-refractivity contribution in [2.45, 2.75) is 0 Å². The Kier molecular flexibility index (Phi) is 2.75. The van der Waals surface area contributed by atoms with E-state index in [-0.39, 0.29) is 22.7 Å². The van der Waals surface area contributed by atoms with Crippen LogP contribution in [0.1, 0.15) is 5.69 Å². The molecule has 0 fully saturated rings. The number of nitriles is 1. The highest BCUT2D eigenvalue weighted by atomic mass is 19.1. The summed E-state index contributed by atoms with van der Waals surface area (Å²) in [6.07, 6.45) is 1.25. The van der Waals surface area contributed by atoms with Gasteiger partial charge in [0.15, 0.2) is 17.3 Å². The Labute approximate surface area is 95.5 Å². The Morgan fingerprint density at radius 1 is 1.35 bits per heavy atom. The van der Waals surface area contributed by atoms with E-state index in [1.807, 2.05) is 0 Å². The molecule has 6 heteroatoms. The first-order chi connectivity index (χ1) is 8.17. The van der Waals surface area contributed by atoms with Crippen LogP contribution in [0.25, 0.3) is 11.3 Å². The van der Waals surface area contributed by atoms with E-state index >= 15 is 0 Å². The molecule has 0 aliphatic heterocycles. The van der Waals surface area contributed by atoms with Gasteiger partial charge in [0.2, 0.25) is 0 Å². The number of rotatable bonds is 2. The van der Waals surface area contributed by atoms with Crippen LogP contribution in [0, 0.1) is 23.0 Å². The third-order valence-corrected chi connectivity index (χ3v) is 2.26. The molecule has 2 aromatic rings. The molecule has 0 saturated carbocycles. The monoisotopic (exact) mass is 235 g/mol. The zero-order valence-corrected chi connectivity index (χ0v) is 8.79. The molecule has 1 heterocycles. The van der Waals surface area contributed by atoms with Gasteiger partial charge in [0.05, 0.1) is 19.1 Å². The van der Waals surface area contributed by atoms with Gasteiger partial charge in [-0.1, -0.05) is 0 Å². The first kappa shape index (κ1) is 11.1. The third-order valence-electron chi connectivity index (χ3n) is 2.26. The van der Waals surface area contributed by atoms with Gasteiger partial charge >= 0.3 is 0 Å². The second-order valence-electron chi connectivity index (χ2n) is 3.20. The summed E-state index contributed by atoms with van der Waals surface area (Å²) in [7, 11) is 1.24. The fraction of sp³-hybridized carbons (Fsp3) is 0.0909. The molecular weight excluding hydrogens is 228 g/mol. The fourth-order valence-corrected chi connectivity index (χ4v) is 1.46. The summed E-state index contributed by atoms with van der Waals surface area (Å²) in [4.78, 5) is 6.28. The number of nitrogens with zero attached hydrogens (tertiary/aromatic N) is 2. The molecule has 1 aromatic heterocycles. The lowest BCUT2D eigenvalue weighted by molar-refractivity contribution is 0.383. The quantitative estimate of drug-likeness (QED) is 0.868. The van der Waals surface area contributed by atoms with Gasteiger partial charge in [-0.05, 0) is 6.07 Å². The van der Waals surface area contributed by atoms with E-state index < -0.39 is 11.6 Å². The highest BCUT2D eigenvalue weighted by Crippen LogP contribution is 2.29. The van der Waals surface area contributed by atoms with Gasteiger partial charge in [0, 0.05) is 11.6 Å². The van der Waals surface area contributed by atoms with Crippen LogP contribution in [0.3, 0.4) is 0 Å². The van der Waals surface area contributed by atoms with Crippen LogP contribution >= 0.6 is 0 Å². The fourth-order valence-electron chi connectivity index (χ4n) is 1.46. The van der Waals surface area contributed by atoms with Gasteiger partial charge < -0.3 is 9.72 Å². The normalized spacial score (nSPS) is 10.0. The number of H-pyrrole nitrogens is 1. The van der Waals surface area contributed by atoms with Crippen LogP contribution in [0.15, 0.2) is 18.5 Å². The number of ether oxygens (including phenoxy) is 1. The summed E-state index contributed by atoms with van der Waals surface area (Å²) in [5.74, 6) is -1.59. The summed E-state index contributed by atoms with van der Waals surface area (Å²) in [5.41, 5.74) is 0.0948. The highest BCUT2D eigenvalue weighted by Gasteiger charge is 2.16. The van der Waals surface area contributed by atoms with Gasteiger partial charge in [-0.2, -0.15) is 5.26 Å². The Bertz CT molecular complexity index is 601. The Hall–Kier alpha value is -2.42. The molecule has 0 unspecified atom stereocenters. The van der Waals surface area contributed by atoms with Crippen LogP contribution in [-0.4, -0.2) is 17.1 Å². The van der Waals surface area contributed by atoms with Gasteiger partial charge in [-0.3, -0.25) is 0 Å². The maximum absolute atomic E-state index is 13.7. The van der Waals surface area contributed by atoms with E-state index in [0.29, 0.717) is 0 Å².